The van der Waals surface area contributed by atoms with Gasteiger partial charge >= 0.3 is 12.2 Å². The van der Waals surface area contributed by atoms with E-state index in [9.17, 15) is 28.0 Å². The normalized spacial score (nSPS) is 16.7. The smallest absolute Gasteiger partial charge is 0.416 e. The number of carbonyl (C=O) groups excluding carboxylic acids is 2. The molecule has 0 fully saturated rings. The Morgan fingerprint density at radius 2 is 1.67 bits per heavy atom. The molecule has 3 amide bonds. The molecule has 11 heteroatoms. The Kier molecular flexibility index (Phi) is 9.68. The van der Waals surface area contributed by atoms with E-state index in [1.54, 1.807) is 29.2 Å². The highest BCUT2D eigenvalue weighted by Gasteiger charge is 2.45. The Balaban J connectivity index is 1.27. The molecule has 2 heterocycles. The summed E-state index contributed by atoms with van der Waals surface area (Å²) in [7, 11) is 4.33. The molecule has 46 heavy (non-hydrogen) atoms. The first-order valence-corrected chi connectivity index (χ1v) is 15.3. The number of ether oxygens (including phenoxy) is 1. The molecule has 0 unspecified atom stereocenters. The predicted molar refractivity (Wildman–Crippen MR) is 168 cm³/mol. The molecule has 1 atom stereocenters. The van der Waals surface area contributed by atoms with E-state index in [1.165, 1.54) is 17.0 Å². The average Bonchev–Trinajstić information content (AvgIpc) is 3.36. The van der Waals surface area contributed by atoms with Crippen LogP contribution in [0.25, 0.3) is 0 Å². The van der Waals surface area contributed by atoms with E-state index >= 15 is 0 Å². The number of halogens is 3. The first-order chi connectivity index (χ1) is 22.0. The van der Waals surface area contributed by atoms with Crippen molar-refractivity contribution < 1.29 is 32.0 Å². The second-order valence-electron chi connectivity index (χ2n) is 12.2. The minimum Gasteiger partial charge on any atom is -0.493 e. The SMILES string of the molecule is C[N+](C)(CCCCN1CC2=C(C1=O)[C@@H](c1ccc(C#N)cc1)NC(=O)N2c1cccc(C(F)(F)F)c1)CCCOc1ccccc1. The number of quaternary nitrogens is 1. The summed E-state index contributed by atoms with van der Waals surface area (Å²) in [6.45, 7) is 2.98. The molecule has 0 spiro atoms. The minimum absolute atomic E-state index is 0.0306. The Bertz CT molecular complexity index is 1630. The first kappa shape index (κ1) is 32.6. The van der Waals surface area contributed by atoms with Crippen LogP contribution >= 0.6 is 0 Å². The monoisotopic (exact) mass is 632 g/mol. The third kappa shape index (κ3) is 7.51. The number of unbranched alkanes of at least 4 members (excludes halogenated alkanes) is 1. The molecule has 0 bridgehead atoms. The maximum atomic E-state index is 13.9. The molecule has 1 N–H and O–H groups in total. The molecule has 0 radical (unpaired) electrons. The lowest BCUT2D eigenvalue weighted by Crippen LogP contribution is -2.47. The van der Waals surface area contributed by atoms with Gasteiger partial charge in [0.2, 0.25) is 0 Å². The summed E-state index contributed by atoms with van der Waals surface area (Å²) in [5.74, 6) is 0.581. The van der Waals surface area contributed by atoms with Gasteiger partial charge in [-0.3, -0.25) is 9.69 Å². The van der Waals surface area contributed by atoms with Crippen LogP contribution in [0.1, 0.15) is 42.0 Å². The molecule has 2 aliphatic heterocycles. The summed E-state index contributed by atoms with van der Waals surface area (Å²) in [4.78, 5) is 30.2. The van der Waals surface area contributed by atoms with Gasteiger partial charge in [0.05, 0.1) is 80.5 Å². The molecule has 240 valence electrons. The van der Waals surface area contributed by atoms with E-state index in [0.29, 0.717) is 35.5 Å². The van der Waals surface area contributed by atoms with Gasteiger partial charge in [0, 0.05) is 13.0 Å². The predicted octanol–water partition coefficient (Wildman–Crippen LogP) is 6.27. The fraction of sp³-hybridized carbons (Fsp3) is 0.343. The topological polar surface area (TPSA) is 85.7 Å². The number of carbonyl (C=O) groups is 2. The third-order valence-corrected chi connectivity index (χ3v) is 8.36. The van der Waals surface area contributed by atoms with Crippen molar-refractivity contribution in [2.75, 3.05) is 51.8 Å². The number of benzene rings is 3. The Morgan fingerprint density at radius 3 is 2.37 bits per heavy atom. The van der Waals surface area contributed by atoms with Gasteiger partial charge in [0.1, 0.15) is 5.75 Å². The van der Waals surface area contributed by atoms with Crippen LogP contribution in [0.5, 0.6) is 5.75 Å². The number of urea groups is 1. The number of nitriles is 1. The molecule has 3 aromatic carbocycles. The molecule has 0 aromatic heterocycles. The number of amides is 3. The van der Waals surface area contributed by atoms with E-state index in [1.807, 2.05) is 30.3 Å². The van der Waals surface area contributed by atoms with E-state index in [2.05, 4.69) is 25.5 Å². The van der Waals surface area contributed by atoms with E-state index < -0.39 is 23.8 Å². The maximum Gasteiger partial charge on any atom is 0.416 e. The van der Waals surface area contributed by atoms with Crippen molar-refractivity contribution >= 4 is 17.6 Å². The number of anilines is 1. The molecule has 3 aromatic rings. The van der Waals surface area contributed by atoms with Crippen LogP contribution in [0.4, 0.5) is 23.7 Å². The zero-order chi connectivity index (χ0) is 32.9. The van der Waals surface area contributed by atoms with Crippen molar-refractivity contribution in [2.24, 2.45) is 0 Å². The number of nitrogens with zero attached hydrogens (tertiary/aromatic N) is 4. The van der Waals surface area contributed by atoms with Gasteiger partial charge < -0.3 is 19.4 Å². The second kappa shape index (κ2) is 13.7. The number of hydrogen-bond acceptors (Lipinski definition) is 4. The van der Waals surface area contributed by atoms with E-state index in [0.717, 1.165) is 54.7 Å². The fourth-order valence-electron chi connectivity index (χ4n) is 5.92. The van der Waals surface area contributed by atoms with Crippen LogP contribution in [0, 0.1) is 11.3 Å². The lowest BCUT2D eigenvalue weighted by Gasteiger charge is -2.34. The Hall–Kier alpha value is -4.82. The third-order valence-electron chi connectivity index (χ3n) is 8.36. The van der Waals surface area contributed by atoms with Crippen molar-refractivity contribution in [2.45, 2.75) is 31.5 Å². The van der Waals surface area contributed by atoms with Crippen molar-refractivity contribution in [3.63, 3.8) is 0 Å². The number of hydrogen-bond donors (Lipinski definition) is 1. The fourth-order valence-corrected chi connectivity index (χ4v) is 5.92. The van der Waals surface area contributed by atoms with Gasteiger partial charge in [-0.1, -0.05) is 36.4 Å². The van der Waals surface area contributed by atoms with Gasteiger partial charge in [-0.05, 0) is 60.9 Å². The quantitative estimate of drug-likeness (QED) is 0.189. The highest BCUT2D eigenvalue weighted by atomic mass is 19.4. The number of nitrogens with one attached hydrogen (secondary N) is 1. The van der Waals surface area contributed by atoms with Crippen LogP contribution in [-0.2, 0) is 11.0 Å². The molecule has 5 rings (SSSR count). The van der Waals surface area contributed by atoms with Crippen molar-refractivity contribution in [3.05, 3.63) is 107 Å². The van der Waals surface area contributed by atoms with Crippen LogP contribution in [-0.4, -0.2) is 68.2 Å². The Labute approximate surface area is 266 Å². The number of para-hydroxylation sites is 1. The molecular weight excluding hydrogens is 595 g/mol. The Morgan fingerprint density at radius 1 is 0.957 bits per heavy atom. The summed E-state index contributed by atoms with van der Waals surface area (Å²) in [6.07, 6.45) is -2.12. The highest BCUT2D eigenvalue weighted by molar-refractivity contribution is 6.07. The number of rotatable bonds is 12. The molecule has 0 saturated heterocycles. The van der Waals surface area contributed by atoms with Crippen molar-refractivity contribution in [1.29, 1.82) is 5.26 Å². The van der Waals surface area contributed by atoms with Crippen LogP contribution in [0.3, 0.4) is 0 Å². The standard InChI is InChI=1S/C35H36F3N5O3/c1-43(2,20-9-21-46-29-12-4-3-5-13-29)19-7-6-18-41-24-30-31(33(41)44)32(26-16-14-25(23-39)15-17-26)40-34(45)42(30)28-11-8-10-27(22-28)35(36,37)38/h3-5,8,10-17,22,32H,6-7,9,18-21,24H2,1-2H3/p+1/t32-/m1/s1. The molecule has 2 aliphatic rings. The van der Waals surface area contributed by atoms with Crippen LogP contribution < -0.4 is 15.0 Å². The van der Waals surface area contributed by atoms with Crippen LogP contribution in [0.2, 0.25) is 0 Å². The molecular formula is C35H37F3N5O3+. The highest BCUT2D eigenvalue weighted by Crippen LogP contribution is 2.40. The summed E-state index contributed by atoms with van der Waals surface area (Å²) in [5, 5.41) is 12.0. The zero-order valence-corrected chi connectivity index (χ0v) is 25.9. The largest absolute Gasteiger partial charge is 0.493 e. The summed E-state index contributed by atoms with van der Waals surface area (Å²) >= 11 is 0. The maximum absolute atomic E-state index is 13.9. The zero-order valence-electron chi connectivity index (χ0n) is 25.9. The van der Waals surface area contributed by atoms with Crippen molar-refractivity contribution in [1.82, 2.24) is 10.2 Å². The summed E-state index contributed by atoms with van der Waals surface area (Å²) in [6, 6.07) is 21.4. The van der Waals surface area contributed by atoms with Gasteiger partial charge in [-0.2, -0.15) is 18.4 Å². The molecule has 0 saturated carbocycles. The summed E-state index contributed by atoms with van der Waals surface area (Å²) in [5.41, 5.74) is 0.850. The number of alkyl halides is 3. The second-order valence-corrected chi connectivity index (χ2v) is 12.2. The van der Waals surface area contributed by atoms with Crippen LogP contribution in [0.15, 0.2) is 90.1 Å². The molecule has 8 nitrogen and oxygen atoms in total. The molecule has 0 aliphatic carbocycles. The van der Waals surface area contributed by atoms with Gasteiger partial charge in [-0.25, -0.2) is 4.79 Å². The van der Waals surface area contributed by atoms with Gasteiger partial charge in [-0.15, -0.1) is 0 Å². The van der Waals surface area contributed by atoms with E-state index in [4.69, 9.17) is 4.74 Å². The van der Waals surface area contributed by atoms with E-state index in [-0.39, 0.29) is 18.1 Å². The average molecular weight is 633 g/mol. The minimum atomic E-state index is -4.59. The van der Waals surface area contributed by atoms with Gasteiger partial charge in [0.25, 0.3) is 5.91 Å². The lowest BCUT2D eigenvalue weighted by atomic mass is 9.94. The first-order valence-electron chi connectivity index (χ1n) is 15.3. The van der Waals surface area contributed by atoms with Crippen molar-refractivity contribution in [3.8, 4) is 11.8 Å². The lowest BCUT2D eigenvalue weighted by molar-refractivity contribution is -0.890. The summed E-state index contributed by atoms with van der Waals surface area (Å²) < 4.78 is 47.3. The van der Waals surface area contributed by atoms with Gasteiger partial charge in [0.15, 0.2) is 0 Å².